The van der Waals surface area contributed by atoms with Crippen LogP contribution in [-0.2, 0) is 0 Å². The SMILES string of the molecule is O=C(c1nc(C2CC2)n2ccccc12)N1CCN(c2ccccc2F)CC1. The fourth-order valence-corrected chi connectivity index (χ4v) is 3.86. The first-order valence-electron chi connectivity index (χ1n) is 9.48. The van der Waals surface area contributed by atoms with Gasteiger partial charge in [0.15, 0.2) is 5.69 Å². The number of halogens is 1. The Labute approximate surface area is 157 Å². The van der Waals surface area contributed by atoms with Gasteiger partial charge in [-0.05, 0) is 37.1 Å². The molecule has 138 valence electrons. The van der Waals surface area contributed by atoms with E-state index in [1.807, 2.05) is 40.3 Å². The number of imidazole rings is 1. The summed E-state index contributed by atoms with van der Waals surface area (Å²) in [6.07, 6.45) is 4.27. The summed E-state index contributed by atoms with van der Waals surface area (Å²) in [4.78, 5) is 21.7. The fraction of sp³-hybridized carbons (Fsp3) is 0.333. The maximum Gasteiger partial charge on any atom is 0.274 e. The second-order valence-electron chi connectivity index (χ2n) is 7.28. The van der Waals surface area contributed by atoms with Crippen molar-refractivity contribution in [1.29, 1.82) is 0 Å². The van der Waals surface area contributed by atoms with E-state index in [0.717, 1.165) is 24.2 Å². The van der Waals surface area contributed by atoms with Crippen LogP contribution >= 0.6 is 0 Å². The van der Waals surface area contributed by atoms with Crippen molar-refractivity contribution >= 4 is 17.1 Å². The lowest BCUT2D eigenvalue weighted by Crippen LogP contribution is -2.49. The number of carbonyl (C=O) groups excluding carboxylic acids is 1. The second-order valence-corrected chi connectivity index (χ2v) is 7.28. The highest BCUT2D eigenvalue weighted by molar-refractivity contribution is 5.99. The molecule has 5 rings (SSSR count). The van der Waals surface area contributed by atoms with Crippen LogP contribution in [0.1, 0.15) is 35.1 Å². The fourth-order valence-electron chi connectivity index (χ4n) is 3.86. The van der Waals surface area contributed by atoms with Crippen LogP contribution in [0.3, 0.4) is 0 Å². The highest BCUT2D eigenvalue weighted by Gasteiger charge is 2.32. The number of carbonyl (C=O) groups is 1. The van der Waals surface area contributed by atoms with Crippen LogP contribution in [0.25, 0.3) is 5.52 Å². The Morgan fingerprint density at radius 2 is 1.74 bits per heavy atom. The van der Waals surface area contributed by atoms with E-state index in [1.54, 1.807) is 12.1 Å². The van der Waals surface area contributed by atoms with Gasteiger partial charge in [0.2, 0.25) is 0 Å². The summed E-state index contributed by atoms with van der Waals surface area (Å²) in [5, 5.41) is 0. The lowest BCUT2D eigenvalue weighted by atomic mass is 10.2. The predicted molar refractivity (Wildman–Crippen MR) is 102 cm³/mol. The molecule has 1 amide bonds. The summed E-state index contributed by atoms with van der Waals surface area (Å²) in [6.45, 7) is 2.37. The summed E-state index contributed by atoms with van der Waals surface area (Å²) in [7, 11) is 0. The van der Waals surface area contributed by atoms with Crippen molar-refractivity contribution < 1.29 is 9.18 Å². The molecule has 27 heavy (non-hydrogen) atoms. The van der Waals surface area contributed by atoms with Gasteiger partial charge in [-0.1, -0.05) is 18.2 Å². The number of para-hydroxylation sites is 1. The van der Waals surface area contributed by atoms with Crippen molar-refractivity contribution in [3.8, 4) is 0 Å². The zero-order valence-corrected chi connectivity index (χ0v) is 15.0. The van der Waals surface area contributed by atoms with E-state index in [-0.39, 0.29) is 11.7 Å². The van der Waals surface area contributed by atoms with E-state index >= 15 is 0 Å². The number of rotatable bonds is 3. The van der Waals surface area contributed by atoms with Crippen LogP contribution < -0.4 is 4.90 Å². The molecule has 3 heterocycles. The van der Waals surface area contributed by atoms with Crippen molar-refractivity contribution in [2.24, 2.45) is 0 Å². The van der Waals surface area contributed by atoms with E-state index in [2.05, 4.69) is 4.40 Å². The second kappa shape index (κ2) is 6.37. The van der Waals surface area contributed by atoms with E-state index in [4.69, 9.17) is 4.98 Å². The van der Waals surface area contributed by atoms with Crippen LogP contribution in [0.2, 0.25) is 0 Å². The molecule has 1 aromatic carbocycles. The van der Waals surface area contributed by atoms with Gasteiger partial charge in [-0.15, -0.1) is 0 Å². The highest BCUT2D eigenvalue weighted by atomic mass is 19.1. The van der Waals surface area contributed by atoms with Crippen molar-refractivity contribution in [3.63, 3.8) is 0 Å². The molecule has 0 bridgehead atoms. The molecule has 1 saturated carbocycles. The molecular weight excluding hydrogens is 343 g/mol. The molecule has 6 heteroatoms. The Balaban J connectivity index is 1.37. The van der Waals surface area contributed by atoms with E-state index < -0.39 is 0 Å². The first kappa shape index (κ1) is 16.3. The van der Waals surface area contributed by atoms with Gasteiger partial charge in [-0.3, -0.25) is 4.79 Å². The monoisotopic (exact) mass is 364 g/mol. The molecular formula is C21H21FN4O. The first-order valence-corrected chi connectivity index (χ1v) is 9.48. The average Bonchev–Trinajstić information content (AvgIpc) is 3.48. The molecule has 1 aliphatic heterocycles. The Kier molecular flexibility index (Phi) is 3.85. The maximum absolute atomic E-state index is 14.0. The van der Waals surface area contributed by atoms with Gasteiger partial charge in [0.05, 0.1) is 11.2 Å². The normalized spacial score (nSPS) is 17.5. The molecule has 2 fully saturated rings. The van der Waals surface area contributed by atoms with Crippen molar-refractivity contribution in [1.82, 2.24) is 14.3 Å². The average molecular weight is 364 g/mol. The summed E-state index contributed by atoms with van der Waals surface area (Å²) in [5.41, 5.74) is 2.02. The summed E-state index contributed by atoms with van der Waals surface area (Å²) in [5.74, 6) is 1.23. The highest BCUT2D eigenvalue weighted by Crippen LogP contribution is 2.40. The molecule has 1 saturated heterocycles. The standard InChI is InChI=1S/C21H21FN4O/c22-16-5-1-2-6-17(16)24-11-13-25(14-12-24)21(27)19-18-7-3-4-10-26(18)20(23-19)15-8-9-15/h1-7,10,15H,8-9,11-14H2. The molecule has 5 nitrogen and oxygen atoms in total. The maximum atomic E-state index is 14.0. The van der Waals surface area contributed by atoms with Crippen LogP contribution in [0.4, 0.5) is 10.1 Å². The topological polar surface area (TPSA) is 40.9 Å². The zero-order valence-electron chi connectivity index (χ0n) is 15.0. The lowest BCUT2D eigenvalue weighted by molar-refractivity contribution is 0.0743. The first-order chi connectivity index (χ1) is 13.2. The summed E-state index contributed by atoms with van der Waals surface area (Å²) in [6, 6.07) is 12.7. The molecule has 0 atom stereocenters. The number of hydrogen-bond donors (Lipinski definition) is 0. The molecule has 0 unspecified atom stereocenters. The largest absolute Gasteiger partial charge is 0.366 e. The van der Waals surface area contributed by atoms with E-state index in [1.165, 1.54) is 6.07 Å². The van der Waals surface area contributed by atoms with Gasteiger partial charge < -0.3 is 14.2 Å². The van der Waals surface area contributed by atoms with Gasteiger partial charge in [0.1, 0.15) is 11.6 Å². The Bertz CT molecular complexity index is 1000. The van der Waals surface area contributed by atoms with Crippen LogP contribution in [-0.4, -0.2) is 46.4 Å². The van der Waals surface area contributed by atoms with Crippen molar-refractivity contribution in [2.45, 2.75) is 18.8 Å². The Morgan fingerprint density at radius 1 is 1.00 bits per heavy atom. The van der Waals surface area contributed by atoms with Crippen LogP contribution in [0, 0.1) is 5.82 Å². The van der Waals surface area contributed by atoms with E-state index in [0.29, 0.717) is 43.5 Å². The third-order valence-electron chi connectivity index (χ3n) is 5.48. The number of aromatic nitrogens is 2. The molecule has 0 N–H and O–H groups in total. The number of nitrogens with zero attached hydrogens (tertiary/aromatic N) is 4. The molecule has 0 radical (unpaired) electrons. The van der Waals surface area contributed by atoms with Gasteiger partial charge in [-0.25, -0.2) is 9.37 Å². The van der Waals surface area contributed by atoms with Gasteiger partial charge in [0.25, 0.3) is 5.91 Å². The number of anilines is 1. The predicted octanol–water partition coefficient (Wildman–Crippen LogP) is 3.31. The van der Waals surface area contributed by atoms with Gasteiger partial charge in [-0.2, -0.15) is 0 Å². The molecule has 2 aromatic heterocycles. The third kappa shape index (κ3) is 2.85. The van der Waals surface area contributed by atoms with Crippen LogP contribution in [0.15, 0.2) is 48.7 Å². The minimum absolute atomic E-state index is 0.0289. The number of benzene rings is 1. The number of hydrogen-bond acceptors (Lipinski definition) is 3. The minimum atomic E-state index is -0.216. The number of piperazine rings is 1. The number of amides is 1. The molecule has 2 aliphatic rings. The van der Waals surface area contributed by atoms with Gasteiger partial charge in [0, 0.05) is 38.3 Å². The zero-order chi connectivity index (χ0) is 18.4. The van der Waals surface area contributed by atoms with Gasteiger partial charge >= 0.3 is 0 Å². The lowest BCUT2D eigenvalue weighted by Gasteiger charge is -2.36. The molecule has 1 aliphatic carbocycles. The molecule has 0 spiro atoms. The smallest absolute Gasteiger partial charge is 0.274 e. The Morgan fingerprint density at radius 3 is 2.48 bits per heavy atom. The number of fused-ring (bicyclic) bond motifs is 1. The third-order valence-corrected chi connectivity index (χ3v) is 5.48. The van der Waals surface area contributed by atoms with E-state index in [9.17, 15) is 9.18 Å². The summed E-state index contributed by atoms with van der Waals surface area (Å²) < 4.78 is 16.1. The minimum Gasteiger partial charge on any atom is -0.366 e. The molecule has 3 aromatic rings. The number of pyridine rings is 1. The van der Waals surface area contributed by atoms with Crippen molar-refractivity contribution in [3.05, 3.63) is 66.0 Å². The quantitative estimate of drug-likeness (QED) is 0.716. The van der Waals surface area contributed by atoms with Crippen molar-refractivity contribution in [2.75, 3.05) is 31.1 Å². The van der Waals surface area contributed by atoms with Crippen LogP contribution in [0.5, 0.6) is 0 Å². The summed E-state index contributed by atoms with van der Waals surface area (Å²) >= 11 is 0. The Hall–Kier alpha value is -2.89.